The average molecular weight is 410 g/mol. The second kappa shape index (κ2) is 9.01. The molecule has 5 heteroatoms. The second-order valence-electron chi connectivity index (χ2n) is 6.96. The first-order valence-electron chi connectivity index (χ1n) is 9.53. The number of phenolic OH excluding ortho intramolecular Hbond substituents is 1. The van der Waals surface area contributed by atoms with Gasteiger partial charge in [-0.1, -0.05) is 49.2 Å². The molecule has 0 heterocycles. The molecule has 150 valence electrons. The molecular formula is C24H24ClNO3. The summed E-state index contributed by atoms with van der Waals surface area (Å²) in [6.45, 7) is 4.09. The minimum atomic E-state index is -0.365. The van der Waals surface area contributed by atoms with Crippen molar-refractivity contribution in [2.75, 3.05) is 11.9 Å². The highest BCUT2D eigenvalue weighted by Gasteiger charge is 2.23. The molecule has 4 nitrogen and oxygen atoms in total. The van der Waals surface area contributed by atoms with Gasteiger partial charge < -0.3 is 14.7 Å². The van der Waals surface area contributed by atoms with Gasteiger partial charge in [-0.15, -0.1) is 0 Å². The molecule has 0 aliphatic carbocycles. The van der Waals surface area contributed by atoms with E-state index < -0.39 is 0 Å². The Bertz CT molecular complexity index is 1020. The van der Waals surface area contributed by atoms with Crippen LogP contribution in [0, 0.1) is 6.92 Å². The number of phenols is 1. The van der Waals surface area contributed by atoms with E-state index in [1.54, 1.807) is 13.1 Å². The number of benzene rings is 3. The summed E-state index contributed by atoms with van der Waals surface area (Å²) in [4.78, 5) is 14.7. The van der Waals surface area contributed by atoms with Gasteiger partial charge in [0.1, 0.15) is 11.5 Å². The lowest BCUT2D eigenvalue weighted by atomic mass is 10.0. The maximum atomic E-state index is 13.2. The molecule has 0 unspecified atom stereocenters. The maximum absolute atomic E-state index is 13.2. The molecule has 0 atom stereocenters. The fraction of sp³-hybridized carbons (Fsp3) is 0.208. The van der Waals surface area contributed by atoms with Gasteiger partial charge in [0.25, 0.3) is 5.91 Å². The van der Waals surface area contributed by atoms with Crippen LogP contribution >= 0.6 is 11.6 Å². The first-order chi connectivity index (χ1) is 13.9. The normalized spacial score (nSPS) is 10.6. The Balaban J connectivity index is 2.09. The molecule has 0 saturated heterocycles. The lowest BCUT2D eigenvalue weighted by molar-refractivity contribution is 0.0990. The van der Waals surface area contributed by atoms with Gasteiger partial charge >= 0.3 is 0 Å². The molecule has 0 bridgehead atoms. The molecule has 3 aromatic carbocycles. The van der Waals surface area contributed by atoms with Crippen molar-refractivity contribution < 1.29 is 14.6 Å². The first kappa shape index (κ1) is 20.7. The molecule has 3 aromatic rings. The van der Waals surface area contributed by atoms with Crippen molar-refractivity contribution in [1.29, 1.82) is 0 Å². The van der Waals surface area contributed by atoms with Gasteiger partial charge in [-0.3, -0.25) is 4.79 Å². The van der Waals surface area contributed by atoms with Crippen molar-refractivity contribution in [1.82, 2.24) is 0 Å². The van der Waals surface area contributed by atoms with Crippen LogP contribution in [0.1, 0.15) is 34.8 Å². The Morgan fingerprint density at radius 3 is 2.52 bits per heavy atom. The van der Waals surface area contributed by atoms with Crippen LogP contribution in [0.25, 0.3) is 0 Å². The van der Waals surface area contributed by atoms with Gasteiger partial charge in [-0.25, -0.2) is 0 Å². The van der Waals surface area contributed by atoms with Crippen molar-refractivity contribution in [3.8, 4) is 17.2 Å². The molecule has 29 heavy (non-hydrogen) atoms. The number of ether oxygens (including phenoxy) is 1. The molecule has 0 saturated carbocycles. The standard InChI is InChI=1S/C24H24ClNO3/c1-4-8-17-13-16(2)14-21(23(17)29-19-9-6-5-7-10-19)26(3)24(28)20-15-18(25)11-12-22(20)27/h5-7,9-15,27H,4,8H2,1-3H3. The third-order valence-electron chi connectivity index (χ3n) is 4.63. The monoisotopic (exact) mass is 409 g/mol. The Morgan fingerprint density at radius 2 is 1.83 bits per heavy atom. The lowest BCUT2D eigenvalue weighted by Crippen LogP contribution is -2.27. The summed E-state index contributed by atoms with van der Waals surface area (Å²) in [5.41, 5.74) is 2.84. The van der Waals surface area contributed by atoms with Gasteiger partial charge in [-0.2, -0.15) is 0 Å². The summed E-state index contributed by atoms with van der Waals surface area (Å²) in [6.07, 6.45) is 1.77. The van der Waals surface area contributed by atoms with Crippen LogP contribution in [0.2, 0.25) is 5.02 Å². The highest BCUT2D eigenvalue weighted by atomic mass is 35.5. The number of para-hydroxylation sites is 1. The minimum absolute atomic E-state index is 0.113. The van der Waals surface area contributed by atoms with Crippen LogP contribution in [0.4, 0.5) is 5.69 Å². The van der Waals surface area contributed by atoms with E-state index in [9.17, 15) is 9.90 Å². The molecular weight excluding hydrogens is 386 g/mol. The van der Waals surface area contributed by atoms with E-state index in [0.717, 1.165) is 24.0 Å². The number of carbonyl (C=O) groups is 1. The van der Waals surface area contributed by atoms with Crippen molar-refractivity contribution in [2.45, 2.75) is 26.7 Å². The molecule has 0 aromatic heterocycles. The topological polar surface area (TPSA) is 49.8 Å². The average Bonchev–Trinajstić information content (AvgIpc) is 2.71. The van der Waals surface area contributed by atoms with Crippen LogP contribution in [-0.4, -0.2) is 18.1 Å². The zero-order chi connectivity index (χ0) is 21.0. The number of aromatic hydroxyl groups is 1. The highest BCUT2D eigenvalue weighted by Crippen LogP contribution is 2.38. The Morgan fingerprint density at radius 1 is 1.10 bits per heavy atom. The fourth-order valence-corrected chi connectivity index (χ4v) is 3.40. The van der Waals surface area contributed by atoms with E-state index in [2.05, 4.69) is 13.0 Å². The van der Waals surface area contributed by atoms with Crippen molar-refractivity contribution >= 4 is 23.2 Å². The summed E-state index contributed by atoms with van der Waals surface area (Å²) in [5, 5.41) is 10.5. The van der Waals surface area contributed by atoms with Crippen molar-refractivity contribution in [3.05, 3.63) is 82.4 Å². The number of amides is 1. The molecule has 1 amide bonds. The Labute approximate surface area is 176 Å². The van der Waals surface area contributed by atoms with Gasteiger partial charge in [-0.05, 0) is 60.9 Å². The quantitative estimate of drug-likeness (QED) is 0.514. The molecule has 0 radical (unpaired) electrons. The zero-order valence-electron chi connectivity index (χ0n) is 16.8. The number of nitrogens with zero attached hydrogens (tertiary/aromatic N) is 1. The van der Waals surface area contributed by atoms with E-state index in [0.29, 0.717) is 22.2 Å². The van der Waals surface area contributed by atoms with E-state index in [1.165, 1.54) is 17.0 Å². The van der Waals surface area contributed by atoms with Crippen LogP contribution in [0.3, 0.4) is 0 Å². The SMILES string of the molecule is CCCc1cc(C)cc(N(C)C(=O)c2cc(Cl)ccc2O)c1Oc1ccccc1. The summed E-state index contributed by atoms with van der Waals surface area (Å²) in [6, 6.07) is 17.9. The predicted octanol–water partition coefficient (Wildman–Crippen LogP) is 6.38. The van der Waals surface area contributed by atoms with Crippen molar-refractivity contribution in [2.24, 2.45) is 0 Å². The predicted molar refractivity (Wildman–Crippen MR) is 118 cm³/mol. The van der Waals surface area contributed by atoms with Gasteiger partial charge in [0, 0.05) is 12.1 Å². The number of carbonyl (C=O) groups excluding carboxylic acids is 1. The minimum Gasteiger partial charge on any atom is -0.507 e. The number of hydrogen-bond acceptors (Lipinski definition) is 3. The number of aryl methyl sites for hydroxylation is 2. The van der Waals surface area contributed by atoms with Gasteiger partial charge in [0.2, 0.25) is 0 Å². The first-order valence-corrected chi connectivity index (χ1v) is 9.91. The second-order valence-corrected chi connectivity index (χ2v) is 7.40. The third kappa shape index (κ3) is 4.72. The van der Waals surface area contributed by atoms with Crippen LogP contribution in [-0.2, 0) is 6.42 Å². The van der Waals surface area contributed by atoms with Crippen LogP contribution in [0.5, 0.6) is 17.2 Å². The molecule has 0 fully saturated rings. The van der Waals surface area contributed by atoms with Gasteiger partial charge in [0.15, 0.2) is 5.75 Å². The maximum Gasteiger partial charge on any atom is 0.261 e. The van der Waals surface area contributed by atoms with E-state index in [1.807, 2.05) is 43.3 Å². The summed E-state index contributed by atoms with van der Waals surface area (Å²) >= 11 is 6.04. The Kier molecular flexibility index (Phi) is 6.45. The third-order valence-corrected chi connectivity index (χ3v) is 4.86. The number of hydrogen-bond donors (Lipinski definition) is 1. The van der Waals surface area contributed by atoms with Gasteiger partial charge in [0.05, 0.1) is 11.3 Å². The van der Waals surface area contributed by atoms with Crippen molar-refractivity contribution in [3.63, 3.8) is 0 Å². The molecule has 0 aliphatic heterocycles. The zero-order valence-corrected chi connectivity index (χ0v) is 17.5. The molecule has 1 N–H and O–H groups in total. The molecule has 3 rings (SSSR count). The summed E-state index contributed by atoms with van der Waals surface area (Å²) in [5.74, 6) is 0.858. The van der Waals surface area contributed by atoms with E-state index >= 15 is 0 Å². The fourth-order valence-electron chi connectivity index (χ4n) is 3.23. The highest BCUT2D eigenvalue weighted by molar-refractivity contribution is 6.31. The Hall–Kier alpha value is -2.98. The van der Waals surface area contributed by atoms with Crippen LogP contribution < -0.4 is 9.64 Å². The summed E-state index contributed by atoms with van der Waals surface area (Å²) in [7, 11) is 1.67. The smallest absolute Gasteiger partial charge is 0.261 e. The molecule has 0 spiro atoms. The largest absolute Gasteiger partial charge is 0.507 e. The van der Waals surface area contributed by atoms with Crippen LogP contribution in [0.15, 0.2) is 60.7 Å². The van der Waals surface area contributed by atoms with E-state index in [4.69, 9.17) is 16.3 Å². The number of anilines is 1. The molecule has 0 aliphatic rings. The number of rotatable bonds is 6. The lowest BCUT2D eigenvalue weighted by Gasteiger charge is -2.24. The number of halogens is 1. The summed E-state index contributed by atoms with van der Waals surface area (Å²) < 4.78 is 6.23. The van der Waals surface area contributed by atoms with E-state index in [-0.39, 0.29) is 17.2 Å².